The molecule has 0 atom stereocenters. The zero-order valence-corrected chi connectivity index (χ0v) is 18.5. The SMILES string of the molecule is CCn1ncc(C(=O)c2ccc(Cl)c(C(C)=C(C)C)c2C)c1OS(=O)(=O)CC. The van der Waals surface area contributed by atoms with Crippen LogP contribution in [-0.2, 0) is 16.7 Å². The maximum absolute atomic E-state index is 13.3. The van der Waals surface area contributed by atoms with E-state index in [2.05, 4.69) is 5.10 Å². The summed E-state index contributed by atoms with van der Waals surface area (Å²) in [6, 6.07) is 3.32. The van der Waals surface area contributed by atoms with Crippen molar-refractivity contribution in [1.82, 2.24) is 9.78 Å². The van der Waals surface area contributed by atoms with E-state index in [4.69, 9.17) is 15.8 Å². The van der Waals surface area contributed by atoms with Gasteiger partial charge in [0.15, 0.2) is 5.78 Å². The van der Waals surface area contributed by atoms with E-state index in [-0.39, 0.29) is 23.0 Å². The van der Waals surface area contributed by atoms with Crippen LogP contribution in [0, 0.1) is 6.92 Å². The lowest BCUT2D eigenvalue weighted by Gasteiger charge is -2.15. The minimum Gasteiger partial charge on any atom is -0.361 e. The Labute approximate surface area is 171 Å². The fourth-order valence-electron chi connectivity index (χ4n) is 2.80. The molecule has 0 saturated heterocycles. The normalized spacial score (nSPS) is 11.4. The predicted octanol–water partition coefficient (Wildman–Crippen LogP) is 4.64. The van der Waals surface area contributed by atoms with Gasteiger partial charge in [-0.05, 0) is 70.4 Å². The van der Waals surface area contributed by atoms with Crippen LogP contribution in [0.2, 0.25) is 5.02 Å². The van der Waals surface area contributed by atoms with Crippen molar-refractivity contribution in [2.45, 2.75) is 48.1 Å². The third-order valence-electron chi connectivity index (χ3n) is 4.68. The Morgan fingerprint density at radius 2 is 1.82 bits per heavy atom. The number of rotatable bonds is 7. The Kier molecular flexibility index (Phi) is 6.72. The Bertz CT molecular complexity index is 1050. The first-order valence-corrected chi connectivity index (χ1v) is 11.0. The summed E-state index contributed by atoms with van der Waals surface area (Å²) in [6.45, 7) is 11.4. The van der Waals surface area contributed by atoms with Crippen molar-refractivity contribution in [3.05, 3.63) is 51.2 Å². The van der Waals surface area contributed by atoms with Crippen LogP contribution in [0.25, 0.3) is 5.57 Å². The summed E-state index contributed by atoms with van der Waals surface area (Å²) in [5, 5.41) is 4.66. The largest absolute Gasteiger partial charge is 0.361 e. The number of nitrogens with zero attached hydrogens (tertiary/aromatic N) is 2. The molecule has 0 amide bonds. The predicted molar refractivity (Wildman–Crippen MR) is 112 cm³/mol. The minimum absolute atomic E-state index is 0.0656. The molecule has 8 heteroatoms. The standard InChI is InChI=1S/C20H25ClN2O4S/c1-7-23-20(27-28(25,26)8-2)16(11-22-23)19(24)15-9-10-17(21)18(14(15)6)13(5)12(3)4/h9-11H,7-8H2,1-6H3. The van der Waals surface area contributed by atoms with Crippen LogP contribution in [0.1, 0.15) is 61.7 Å². The number of halogens is 1. The highest BCUT2D eigenvalue weighted by Crippen LogP contribution is 2.33. The van der Waals surface area contributed by atoms with Gasteiger partial charge in [0.05, 0.1) is 11.9 Å². The molecule has 0 aliphatic carbocycles. The van der Waals surface area contributed by atoms with Crippen LogP contribution in [0.5, 0.6) is 5.88 Å². The van der Waals surface area contributed by atoms with Crippen molar-refractivity contribution >= 4 is 33.1 Å². The number of aryl methyl sites for hydroxylation is 1. The average Bonchev–Trinajstić information content (AvgIpc) is 3.03. The monoisotopic (exact) mass is 424 g/mol. The van der Waals surface area contributed by atoms with Gasteiger partial charge in [-0.15, -0.1) is 0 Å². The van der Waals surface area contributed by atoms with E-state index in [1.807, 2.05) is 27.7 Å². The van der Waals surface area contributed by atoms with Gasteiger partial charge in [-0.1, -0.05) is 17.2 Å². The molecule has 1 aromatic heterocycles. The molecule has 28 heavy (non-hydrogen) atoms. The van der Waals surface area contributed by atoms with Crippen molar-refractivity contribution in [2.24, 2.45) is 0 Å². The second kappa shape index (κ2) is 8.49. The van der Waals surface area contributed by atoms with Crippen LogP contribution in [-0.4, -0.2) is 29.7 Å². The van der Waals surface area contributed by atoms with Gasteiger partial charge in [0.25, 0.3) is 0 Å². The first-order valence-electron chi connectivity index (χ1n) is 9.00. The number of aromatic nitrogens is 2. The lowest BCUT2D eigenvalue weighted by Crippen LogP contribution is -2.17. The summed E-state index contributed by atoms with van der Waals surface area (Å²) in [5.41, 5.74) is 4.14. The van der Waals surface area contributed by atoms with E-state index < -0.39 is 10.1 Å². The summed E-state index contributed by atoms with van der Waals surface area (Å²) >= 11 is 6.39. The van der Waals surface area contributed by atoms with Crippen molar-refractivity contribution in [1.29, 1.82) is 0 Å². The van der Waals surface area contributed by atoms with Gasteiger partial charge in [-0.25, -0.2) is 4.68 Å². The Balaban J connectivity index is 2.64. The molecular weight excluding hydrogens is 400 g/mol. The Morgan fingerprint density at radius 3 is 2.36 bits per heavy atom. The molecule has 0 fully saturated rings. The number of ketones is 1. The van der Waals surface area contributed by atoms with Gasteiger partial charge in [-0.3, -0.25) is 4.79 Å². The van der Waals surface area contributed by atoms with E-state index in [1.54, 1.807) is 19.1 Å². The smallest absolute Gasteiger partial charge is 0.310 e. The first-order chi connectivity index (χ1) is 13.0. The van der Waals surface area contributed by atoms with E-state index in [1.165, 1.54) is 17.8 Å². The van der Waals surface area contributed by atoms with Crippen LogP contribution >= 0.6 is 11.6 Å². The Hall–Kier alpha value is -2.12. The number of carbonyl (C=O) groups is 1. The number of allylic oxidation sites excluding steroid dienone is 2. The maximum Gasteiger partial charge on any atom is 0.310 e. The molecular formula is C20H25ClN2O4S. The highest BCUT2D eigenvalue weighted by molar-refractivity contribution is 7.87. The molecule has 0 spiro atoms. The molecule has 0 N–H and O–H groups in total. The average molecular weight is 425 g/mol. The number of carbonyl (C=O) groups excluding carboxylic acids is 1. The highest BCUT2D eigenvalue weighted by atomic mass is 35.5. The molecule has 152 valence electrons. The molecule has 0 aliphatic heterocycles. The van der Waals surface area contributed by atoms with Gasteiger partial charge < -0.3 is 4.18 Å². The van der Waals surface area contributed by atoms with E-state index in [0.29, 0.717) is 17.1 Å². The summed E-state index contributed by atoms with van der Waals surface area (Å²) < 4.78 is 30.5. The molecule has 0 unspecified atom stereocenters. The molecule has 1 heterocycles. The van der Waals surface area contributed by atoms with Crippen molar-refractivity contribution in [3.63, 3.8) is 0 Å². The van der Waals surface area contributed by atoms with Crippen LogP contribution in [0.3, 0.4) is 0 Å². The van der Waals surface area contributed by atoms with Gasteiger partial charge in [0.1, 0.15) is 5.56 Å². The van der Waals surface area contributed by atoms with Gasteiger partial charge in [0.2, 0.25) is 5.88 Å². The molecule has 2 aromatic rings. The quantitative estimate of drug-likeness (QED) is 0.478. The molecule has 0 bridgehead atoms. The third-order valence-corrected chi connectivity index (χ3v) is 6.11. The number of hydrogen-bond donors (Lipinski definition) is 0. The summed E-state index contributed by atoms with van der Waals surface area (Å²) in [7, 11) is -3.80. The second-order valence-corrected chi connectivity index (χ2v) is 8.92. The minimum atomic E-state index is -3.80. The number of hydrogen-bond acceptors (Lipinski definition) is 5. The maximum atomic E-state index is 13.3. The summed E-state index contributed by atoms with van der Waals surface area (Å²) in [4.78, 5) is 13.3. The van der Waals surface area contributed by atoms with Crippen molar-refractivity contribution in [2.75, 3.05) is 5.75 Å². The van der Waals surface area contributed by atoms with Gasteiger partial charge >= 0.3 is 10.1 Å². The summed E-state index contributed by atoms with van der Waals surface area (Å²) in [6.07, 6.45) is 1.34. The second-order valence-electron chi connectivity index (χ2n) is 6.66. The molecule has 0 aliphatic rings. The third kappa shape index (κ3) is 4.31. The van der Waals surface area contributed by atoms with Gasteiger partial charge in [0, 0.05) is 17.1 Å². The van der Waals surface area contributed by atoms with Crippen LogP contribution < -0.4 is 4.18 Å². The van der Waals surface area contributed by atoms with Crippen molar-refractivity contribution in [3.8, 4) is 5.88 Å². The van der Waals surface area contributed by atoms with E-state index in [9.17, 15) is 13.2 Å². The first kappa shape index (κ1) is 22.2. The lowest BCUT2D eigenvalue weighted by molar-refractivity contribution is 0.103. The van der Waals surface area contributed by atoms with Gasteiger partial charge in [-0.2, -0.15) is 13.5 Å². The molecule has 0 saturated carbocycles. The fourth-order valence-corrected chi connectivity index (χ4v) is 3.68. The van der Waals surface area contributed by atoms with Crippen LogP contribution in [0.15, 0.2) is 23.9 Å². The zero-order chi connectivity index (χ0) is 21.2. The molecule has 2 rings (SSSR count). The highest BCUT2D eigenvalue weighted by Gasteiger charge is 2.26. The molecule has 6 nitrogen and oxygen atoms in total. The zero-order valence-electron chi connectivity index (χ0n) is 17.0. The van der Waals surface area contributed by atoms with E-state index in [0.717, 1.165) is 22.3 Å². The summed E-state index contributed by atoms with van der Waals surface area (Å²) in [5.74, 6) is -0.637. The van der Waals surface area contributed by atoms with E-state index >= 15 is 0 Å². The topological polar surface area (TPSA) is 78.3 Å². The fraction of sp³-hybridized carbons (Fsp3) is 0.400. The Morgan fingerprint density at radius 1 is 1.18 bits per heavy atom. The lowest BCUT2D eigenvalue weighted by atomic mass is 9.92. The van der Waals surface area contributed by atoms with Crippen molar-refractivity contribution < 1.29 is 17.4 Å². The number of benzene rings is 1. The van der Waals surface area contributed by atoms with Crippen LogP contribution in [0.4, 0.5) is 0 Å². The molecule has 1 aromatic carbocycles. The molecule has 0 radical (unpaired) electrons.